The minimum atomic E-state index is -2.95. The average molecular weight is 340 g/mol. The Morgan fingerprint density at radius 1 is 1.35 bits per heavy atom. The van der Waals surface area contributed by atoms with E-state index in [2.05, 4.69) is 21.8 Å². The summed E-state index contributed by atoms with van der Waals surface area (Å²) in [6.45, 7) is 5.76. The molecule has 1 aliphatic heterocycles. The molecule has 1 aromatic rings. The van der Waals surface area contributed by atoms with Crippen molar-refractivity contribution in [2.45, 2.75) is 46.0 Å². The SMILES string of the molecule is CCCCc1c(C)nc(N)nc1N1CCC[C@H](CS(C)(=O)=O)C1. The van der Waals surface area contributed by atoms with Crippen LogP contribution in [0.15, 0.2) is 0 Å². The summed E-state index contributed by atoms with van der Waals surface area (Å²) >= 11 is 0. The number of aromatic nitrogens is 2. The van der Waals surface area contributed by atoms with Gasteiger partial charge in [-0.05, 0) is 38.5 Å². The number of anilines is 2. The molecule has 0 aromatic carbocycles. The summed E-state index contributed by atoms with van der Waals surface area (Å²) in [5, 5.41) is 0. The van der Waals surface area contributed by atoms with Crippen molar-refractivity contribution in [3.05, 3.63) is 11.3 Å². The monoisotopic (exact) mass is 340 g/mol. The normalized spacial score (nSPS) is 19.1. The van der Waals surface area contributed by atoms with Crippen molar-refractivity contribution in [2.75, 3.05) is 35.7 Å². The van der Waals surface area contributed by atoms with E-state index in [1.807, 2.05) is 6.92 Å². The second kappa shape index (κ2) is 7.47. The van der Waals surface area contributed by atoms with E-state index in [1.165, 1.54) is 6.26 Å². The summed E-state index contributed by atoms with van der Waals surface area (Å²) in [6, 6.07) is 0. The van der Waals surface area contributed by atoms with E-state index in [9.17, 15) is 8.42 Å². The van der Waals surface area contributed by atoms with E-state index in [0.717, 1.165) is 62.3 Å². The molecular weight excluding hydrogens is 312 g/mol. The Morgan fingerprint density at radius 3 is 2.74 bits per heavy atom. The number of nitrogen functional groups attached to an aromatic ring is 1. The van der Waals surface area contributed by atoms with E-state index in [4.69, 9.17) is 5.73 Å². The molecule has 0 aliphatic carbocycles. The number of nitrogens with two attached hydrogens (primary N) is 1. The first-order valence-corrected chi connectivity index (χ1v) is 10.4. The zero-order chi connectivity index (χ0) is 17.0. The molecule has 2 rings (SSSR count). The average Bonchev–Trinajstić information content (AvgIpc) is 2.44. The van der Waals surface area contributed by atoms with Crippen LogP contribution in [0.2, 0.25) is 0 Å². The highest BCUT2D eigenvalue weighted by Crippen LogP contribution is 2.28. The Kier molecular flexibility index (Phi) is 5.84. The third kappa shape index (κ3) is 5.06. The van der Waals surface area contributed by atoms with Crippen molar-refractivity contribution in [3.63, 3.8) is 0 Å². The fourth-order valence-corrected chi connectivity index (χ4v) is 4.46. The number of aryl methyl sites for hydroxylation is 1. The standard InChI is InChI=1S/C16H28N4O2S/c1-4-5-8-14-12(2)18-16(17)19-15(14)20-9-6-7-13(10-20)11-23(3,21)22/h13H,4-11H2,1-3H3,(H2,17,18,19)/t13-/m0/s1. The summed E-state index contributed by atoms with van der Waals surface area (Å²) in [6.07, 6.45) is 6.38. The van der Waals surface area contributed by atoms with Crippen LogP contribution in [-0.4, -0.2) is 43.5 Å². The second-order valence-corrected chi connectivity index (χ2v) is 8.80. The van der Waals surface area contributed by atoms with Crippen LogP contribution in [-0.2, 0) is 16.3 Å². The number of hydrogen-bond donors (Lipinski definition) is 1. The summed E-state index contributed by atoms with van der Waals surface area (Å²) in [7, 11) is -2.95. The van der Waals surface area contributed by atoms with Crippen LogP contribution in [0.1, 0.15) is 43.9 Å². The van der Waals surface area contributed by atoms with Crippen molar-refractivity contribution >= 4 is 21.6 Å². The van der Waals surface area contributed by atoms with Gasteiger partial charge in [-0.3, -0.25) is 0 Å². The molecule has 1 aliphatic rings. The van der Waals surface area contributed by atoms with Gasteiger partial charge in [0.05, 0.1) is 5.75 Å². The number of rotatable bonds is 6. The second-order valence-electron chi connectivity index (χ2n) is 6.62. The lowest BCUT2D eigenvalue weighted by Crippen LogP contribution is -2.39. The van der Waals surface area contributed by atoms with Gasteiger partial charge in [0.25, 0.3) is 0 Å². The Balaban J connectivity index is 2.25. The predicted molar refractivity (Wildman–Crippen MR) is 94.4 cm³/mol. The van der Waals surface area contributed by atoms with Crippen molar-refractivity contribution < 1.29 is 8.42 Å². The molecule has 1 aromatic heterocycles. The van der Waals surface area contributed by atoms with Crippen LogP contribution in [0.5, 0.6) is 0 Å². The van der Waals surface area contributed by atoms with E-state index in [-0.39, 0.29) is 11.7 Å². The van der Waals surface area contributed by atoms with E-state index < -0.39 is 9.84 Å². The minimum Gasteiger partial charge on any atom is -0.368 e. The van der Waals surface area contributed by atoms with Crippen LogP contribution in [0.4, 0.5) is 11.8 Å². The topological polar surface area (TPSA) is 89.2 Å². The predicted octanol–water partition coefficient (Wildman–Crippen LogP) is 1.97. The third-order valence-electron chi connectivity index (χ3n) is 4.35. The van der Waals surface area contributed by atoms with Gasteiger partial charge in [-0.2, -0.15) is 4.98 Å². The van der Waals surface area contributed by atoms with Gasteiger partial charge in [-0.1, -0.05) is 13.3 Å². The number of hydrogen-bond acceptors (Lipinski definition) is 6. The number of nitrogens with zero attached hydrogens (tertiary/aromatic N) is 3. The molecule has 0 saturated carbocycles. The molecule has 6 nitrogen and oxygen atoms in total. The van der Waals surface area contributed by atoms with Gasteiger partial charge in [0.15, 0.2) is 0 Å². The highest BCUT2D eigenvalue weighted by Gasteiger charge is 2.26. The molecule has 0 amide bonds. The van der Waals surface area contributed by atoms with Gasteiger partial charge < -0.3 is 10.6 Å². The molecular formula is C16H28N4O2S. The van der Waals surface area contributed by atoms with Crippen LogP contribution in [0, 0.1) is 12.8 Å². The summed E-state index contributed by atoms with van der Waals surface area (Å²) in [4.78, 5) is 11.0. The molecule has 0 unspecified atom stereocenters. The highest BCUT2D eigenvalue weighted by molar-refractivity contribution is 7.90. The van der Waals surface area contributed by atoms with Crippen LogP contribution < -0.4 is 10.6 Å². The van der Waals surface area contributed by atoms with Crippen LogP contribution in [0.3, 0.4) is 0 Å². The van der Waals surface area contributed by atoms with E-state index in [0.29, 0.717) is 5.95 Å². The summed E-state index contributed by atoms with van der Waals surface area (Å²) in [5.41, 5.74) is 7.95. The molecule has 1 saturated heterocycles. The third-order valence-corrected chi connectivity index (χ3v) is 5.42. The maximum absolute atomic E-state index is 11.6. The maximum Gasteiger partial charge on any atom is 0.222 e. The van der Waals surface area contributed by atoms with Gasteiger partial charge in [-0.15, -0.1) is 0 Å². The summed E-state index contributed by atoms with van der Waals surface area (Å²) < 4.78 is 23.2. The van der Waals surface area contributed by atoms with Crippen molar-refractivity contribution in [1.29, 1.82) is 0 Å². The van der Waals surface area contributed by atoms with Gasteiger partial charge >= 0.3 is 0 Å². The van der Waals surface area contributed by atoms with Gasteiger partial charge in [0, 0.05) is 30.6 Å². The largest absolute Gasteiger partial charge is 0.368 e. The first-order chi connectivity index (χ1) is 10.8. The maximum atomic E-state index is 11.6. The number of sulfone groups is 1. The van der Waals surface area contributed by atoms with Gasteiger partial charge in [0.1, 0.15) is 15.7 Å². The smallest absolute Gasteiger partial charge is 0.222 e. The van der Waals surface area contributed by atoms with Crippen LogP contribution in [0.25, 0.3) is 0 Å². The molecule has 2 heterocycles. The summed E-state index contributed by atoms with van der Waals surface area (Å²) in [5.74, 6) is 1.60. The molecule has 23 heavy (non-hydrogen) atoms. The zero-order valence-electron chi connectivity index (χ0n) is 14.4. The molecule has 0 bridgehead atoms. The molecule has 7 heteroatoms. The minimum absolute atomic E-state index is 0.161. The Labute approximate surface area is 139 Å². The fourth-order valence-electron chi connectivity index (χ4n) is 3.33. The van der Waals surface area contributed by atoms with Gasteiger partial charge in [0.2, 0.25) is 5.95 Å². The van der Waals surface area contributed by atoms with Gasteiger partial charge in [-0.25, -0.2) is 13.4 Å². The number of unbranched alkanes of at least 4 members (excludes halogenated alkanes) is 1. The molecule has 2 N–H and O–H groups in total. The molecule has 130 valence electrons. The lowest BCUT2D eigenvalue weighted by molar-refractivity contribution is 0.441. The quantitative estimate of drug-likeness (QED) is 0.851. The molecule has 0 spiro atoms. The lowest BCUT2D eigenvalue weighted by Gasteiger charge is -2.34. The molecule has 1 atom stereocenters. The first-order valence-electron chi connectivity index (χ1n) is 8.35. The van der Waals surface area contributed by atoms with Crippen molar-refractivity contribution in [1.82, 2.24) is 9.97 Å². The van der Waals surface area contributed by atoms with E-state index in [1.54, 1.807) is 0 Å². The molecule has 0 radical (unpaired) electrons. The molecule has 1 fully saturated rings. The van der Waals surface area contributed by atoms with Crippen molar-refractivity contribution in [3.8, 4) is 0 Å². The Bertz CT molecular complexity index is 646. The highest BCUT2D eigenvalue weighted by atomic mass is 32.2. The Morgan fingerprint density at radius 2 is 2.09 bits per heavy atom. The lowest BCUT2D eigenvalue weighted by atomic mass is 9.98. The first kappa shape index (κ1) is 18.0. The zero-order valence-corrected chi connectivity index (χ0v) is 15.2. The van der Waals surface area contributed by atoms with E-state index >= 15 is 0 Å². The van der Waals surface area contributed by atoms with Crippen molar-refractivity contribution in [2.24, 2.45) is 5.92 Å². The Hall–Kier alpha value is -1.37. The number of piperidine rings is 1. The van der Waals surface area contributed by atoms with Crippen LogP contribution >= 0.6 is 0 Å². The fraction of sp³-hybridized carbons (Fsp3) is 0.750.